The number of rotatable bonds is 3. The third kappa shape index (κ3) is 2.25. The molecule has 3 nitrogen and oxygen atoms in total. The van der Waals surface area contributed by atoms with Crippen molar-refractivity contribution in [1.29, 1.82) is 0 Å². The van der Waals surface area contributed by atoms with Gasteiger partial charge in [-0.1, -0.05) is 19.1 Å². The minimum atomic E-state index is -0.848. The second-order valence-electron chi connectivity index (χ2n) is 4.83. The smallest absolute Gasteiger partial charge is 0.314 e. The monoisotopic (exact) mass is 251 g/mol. The van der Waals surface area contributed by atoms with Crippen LogP contribution < -0.4 is 0 Å². The number of carboxylic acids is 1. The van der Waals surface area contributed by atoms with Crippen LogP contribution >= 0.6 is 0 Å². The van der Waals surface area contributed by atoms with Gasteiger partial charge in [-0.05, 0) is 50.2 Å². The molecule has 0 aliphatic carbocycles. The van der Waals surface area contributed by atoms with Crippen LogP contribution in [0.1, 0.15) is 25.3 Å². The Morgan fingerprint density at radius 2 is 1.89 bits per heavy atom. The fraction of sp³-hybridized carbons (Fsp3) is 0.500. The summed E-state index contributed by atoms with van der Waals surface area (Å²) < 4.78 is 12.9. The van der Waals surface area contributed by atoms with E-state index in [9.17, 15) is 14.3 Å². The summed E-state index contributed by atoms with van der Waals surface area (Å²) in [6, 6.07) is 5.88. The largest absolute Gasteiger partial charge is 0.481 e. The molecule has 1 heterocycles. The molecule has 0 bridgehead atoms. The molecule has 0 saturated carbocycles. The van der Waals surface area contributed by atoms with Gasteiger partial charge in [-0.3, -0.25) is 4.79 Å². The Labute approximate surface area is 106 Å². The number of piperidine rings is 1. The highest BCUT2D eigenvalue weighted by atomic mass is 19.1. The van der Waals surface area contributed by atoms with E-state index in [1.54, 1.807) is 12.1 Å². The summed E-state index contributed by atoms with van der Waals surface area (Å²) in [5.41, 5.74) is -0.133. The predicted octanol–water partition coefficient (Wildman–Crippen LogP) is 2.26. The molecule has 1 aliphatic heterocycles. The Bertz CT molecular complexity index is 422. The zero-order chi connectivity index (χ0) is 13.2. The van der Waals surface area contributed by atoms with Crippen LogP contribution in [-0.4, -0.2) is 35.6 Å². The van der Waals surface area contributed by atoms with Crippen molar-refractivity contribution in [2.24, 2.45) is 0 Å². The van der Waals surface area contributed by atoms with Crippen molar-refractivity contribution in [1.82, 2.24) is 4.90 Å². The molecule has 1 aromatic rings. The Morgan fingerprint density at radius 1 is 1.33 bits per heavy atom. The van der Waals surface area contributed by atoms with Gasteiger partial charge in [0.05, 0.1) is 5.41 Å². The highest BCUT2D eigenvalue weighted by molar-refractivity contribution is 5.81. The van der Waals surface area contributed by atoms with Gasteiger partial charge in [0.1, 0.15) is 5.82 Å². The van der Waals surface area contributed by atoms with Gasteiger partial charge in [-0.25, -0.2) is 4.39 Å². The topological polar surface area (TPSA) is 40.5 Å². The standard InChI is InChI=1S/C14H18FNO2/c1-2-16-9-7-14(8-10-16,13(17)18)11-3-5-12(15)6-4-11/h3-6H,2,7-10H2,1H3,(H,17,18). The van der Waals surface area contributed by atoms with Crippen LogP contribution in [0.5, 0.6) is 0 Å². The van der Waals surface area contributed by atoms with Crippen LogP contribution in [0.15, 0.2) is 24.3 Å². The molecule has 4 heteroatoms. The molecular weight excluding hydrogens is 233 g/mol. The number of hydrogen-bond acceptors (Lipinski definition) is 2. The summed E-state index contributed by atoms with van der Waals surface area (Å²) in [5.74, 6) is -1.13. The molecule has 98 valence electrons. The lowest BCUT2D eigenvalue weighted by Gasteiger charge is -2.38. The summed E-state index contributed by atoms with van der Waals surface area (Å²) in [6.07, 6.45) is 1.17. The summed E-state index contributed by atoms with van der Waals surface area (Å²) >= 11 is 0. The van der Waals surface area contributed by atoms with E-state index in [0.29, 0.717) is 18.4 Å². The summed E-state index contributed by atoms with van der Waals surface area (Å²) in [6.45, 7) is 4.57. The van der Waals surface area contributed by atoms with E-state index in [4.69, 9.17) is 0 Å². The number of likely N-dealkylation sites (tertiary alicyclic amines) is 1. The SMILES string of the molecule is CCN1CCC(C(=O)O)(c2ccc(F)cc2)CC1. The van der Waals surface area contributed by atoms with Crippen LogP contribution in [0.25, 0.3) is 0 Å². The van der Waals surface area contributed by atoms with E-state index in [-0.39, 0.29) is 5.82 Å². The Kier molecular flexibility index (Phi) is 3.66. The summed E-state index contributed by atoms with van der Waals surface area (Å²) in [4.78, 5) is 13.9. The normalized spacial score (nSPS) is 19.7. The highest BCUT2D eigenvalue weighted by Gasteiger charge is 2.42. The fourth-order valence-corrected chi connectivity index (χ4v) is 2.65. The number of hydrogen-bond donors (Lipinski definition) is 1. The van der Waals surface area contributed by atoms with E-state index in [0.717, 1.165) is 19.6 Å². The Hall–Kier alpha value is -1.42. The summed E-state index contributed by atoms with van der Waals surface area (Å²) in [7, 11) is 0. The van der Waals surface area contributed by atoms with Crippen LogP contribution in [0.4, 0.5) is 4.39 Å². The number of benzene rings is 1. The number of aliphatic carboxylic acids is 1. The zero-order valence-electron chi connectivity index (χ0n) is 10.5. The van der Waals surface area contributed by atoms with Crippen molar-refractivity contribution in [2.45, 2.75) is 25.2 Å². The molecule has 2 rings (SSSR count). The third-order valence-electron chi connectivity index (χ3n) is 3.96. The molecule has 1 fully saturated rings. The molecule has 0 atom stereocenters. The van der Waals surface area contributed by atoms with Crippen LogP contribution in [0, 0.1) is 5.82 Å². The predicted molar refractivity (Wildman–Crippen MR) is 67.1 cm³/mol. The van der Waals surface area contributed by atoms with Gasteiger partial charge in [0.25, 0.3) is 0 Å². The minimum Gasteiger partial charge on any atom is -0.481 e. The second kappa shape index (κ2) is 5.06. The van der Waals surface area contributed by atoms with Gasteiger partial charge < -0.3 is 10.0 Å². The quantitative estimate of drug-likeness (QED) is 0.895. The van der Waals surface area contributed by atoms with E-state index >= 15 is 0 Å². The van der Waals surface area contributed by atoms with Gasteiger partial charge in [0.15, 0.2) is 0 Å². The van der Waals surface area contributed by atoms with Gasteiger partial charge in [0.2, 0.25) is 0 Å². The van der Waals surface area contributed by atoms with Gasteiger partial charge in [-0.2, -0.15) is 0 Å². The first-order valence-electron chi connectivity index (χ1n) is 6.30. The lowest BCUT2D eigenvalue weighted by Crippen LogP contribution is -2.47. The first-order valence-corrected chi connectivity index (χ1v) is 6.30. The third-order valence-corrected chi connectivity index (χ3v) is 3.96. The maximum atomic E-state index is 12.9. The molecule has 0 amide bonds. The van der Waals surface area contributed by atoms with Gasteiger partial charge >= 0.3 is 5.97 Å². The van der Waals surface area contributed by atoms with E-state index < -0.39 is 11.4 Å². The second-order valence-corrected chi connectivity index (χ2v) is 4.83. The van der Waals surface area contributed by atoms with Crippen molar-refractivity contribution in [2.75, 3.05) is 19.6 Å². The summed E-state index contributed by atoms with van der Waals surface area (Å²) in [5, 5.41) is 9.56. The number of nitrogens with zero attached hydrogens (tertiary/aromatic N) is 1. The maximum Gasteiger partial charge on any atom is 0.314 e. The molecule has 0 spiro atoms. The molecule has 18 heavy (non-hydrogen) atoms. The van der Waals surface area contributed by atoms with Crippen molar-refractivity contribution in [3.05, 3.63) is 35.6 Å². The average Bonchev–Trinajstić information content (AvgIpc) is 2.39. The van der Waals surface area contributed by atoms with Gasteiger partial charge in [-0.15, -0.1) is 0 Å². The van der Waals surface area contributed by atoms with Crippen molar-refractivity contribution >= 4 is 5.97 Å². The molecule has 1 aromatic carbocycles. The average molecular weight is 251 g/mol. The van der Waals surface area contributed by atoms with Crippen molar-refractivity contribution in [3.8, 4) is 0 Å². The fourth-order valence-electron chi connectivity index (χ4n) is 2.65. The van der Waals surface area contributed by atoms with Crippen molar-refractivity contribution in [3.63, 3.8) is 0 Å². The van der Waals surface area contributed by atoms with Crippen LogP contribution in [-0.2, 0) is 10.2 Å². The Balaban J connectivity index is 2.28. The number of halogens is 1. The molecule has 1 aliphatic rings. The number of carboxylic acid groups (broad SMARTS) is 1. The van der Waals surface area contributed by atoms with Crippen LogP contribution in [0.2, 0.25) is 0 Å². The maximum absolute atomic E-state index is 12.9. The molecule has 0 aromatic heterocycles. The Morgan fingerprint density at radius 3 is 2.33 bits per heavy atom. The molecule has 0 unspecified atom stereocenters. The minimum absolute atomic E-state index is 0.328. The lowest BCUT2D eigenvalue weighted by molar-refractivity contribution is -0.146. The van der Waals surface area contributed by atoms with E-state index in [1.165, 1.54) is 12.1 Å². The first-order chi connectivity index (χ1) is 8.58. The lowest BCUT2D eigenvalue weighted by atomic mass is 9.73. The van der Waals surface area contributed by atoms with E-state index in [2.05, 4.69) is 11.8 Å². The molecular formula is C14H18FNO2. The zero-order valence-corrected chi connectivity index (χ0v) is 10.5. The van der Waals surface area contributed by atoms with Crippen molar-refractivity contribution < 1.29 is 14.3 Å². The number of carbonyl (C=O) groups is 1. The first kappa shape index (κ1) is 13.0. The van der Waals surface area contributed by atoms with E-state index in [1.807, 2.05) is 0 Å². The van der Waals surface area contributed by atoms with Crippen LogP contribution in [0.3, 0.4) is 0 Å². The highest BCUT2D eigenvalue weighted by Crippen LogP contribution is 2.35. The molecule has 1 saturated heterocycles. The molecule has 1 N–H and O–H groups in total. The van der Waals surface area contributed by atoms with Gasteiger partial charge in [0, 0.05) is 0 Å². The molecule has 0 radical (unpaired) electrons.